The van der Waals surface area contributed by atoms with Gasteiger partial charge in [0.2, 0.25) is 5.82 Å². The van der Waals surface area contributed by atoms with Crippen molar-refractivity contribution in [3.05, 3.63) is 35.7 Å². The predicted molar refractivity (Wildman–Crippen MR) is 57.4 cm³/mol. The van der Waals surface area contributed by atoms with Gasteiger partial charge in [-0.05, 0) is 5.56 Å². The van der Waals surface area contributed by atoms with Crippen LogP contribution in [0.3, 0.4) is 0 Å². The van der Waals surface area contributed by atoms with Gasteiger partial charge in [0.25, 0.3) is 0 Å². The Labute approximate surface area is 103 Å². The van der Waals surface area contributed by atoms with Crippen LogP contribution in [0.5, 0.6) is 0 Å². The summed E-state index contributed by atoms with van der Waals surface area (Å²) in [5.74, 6) is -1.41. The van der Waals surface area contributed by atoms with E-state index in [9.17, 15) is 13.2 Å². The van der Waals surface area contributed by atoms with Gasteiger partial charge in [-0.3, -0.25) is 0 Å². The SMILES string of the molecule is FC(F)(F)c1nc(-c2ccc(CBr)cc2)no1. The number of hydrogen-bond donors (Lipinski definition) is 0. The highest BCUT2D eigenvalue weighted by atomic mass is 79.9. The lowest BCUT2D eigenvalue weighted by atomic mass is 10.1. The van der Waals surface area contributed by atoms with Gasteiger partial charge in [0.15, 0.2) is 0 Å². The van der Waals surface area contributed by atoms with Gasteiger partial charge in [-0.1, -0.05) is 45.4 Å². The number of aromatic nitrogens is 2. The molecule has 0 saturated carbocycles. The summed E-state index contributed by atoms with van der Waals surface area (Å²) in [6.45, 7) is 0. The van der Waals surface area contributed by atoms with E-state index in [1.807, 2.05) is 0 Å². The number of benzene rings is 1. The third kappa shape index (κ3) is 2.66. The fourth-order valence-corrected chi connectivity index (χ4v) is 1.57. The number of alkyl halides is 4. The molecule has 0 bridgehead atoms. The smallest absolute Gasteiger partial charge is 0.329 e. The van der Waals surface area contributed by atoms with Crippen LogP contribution in [0.1, 0.15) is 11.5 Å². The Bertz CT molecular complexity index is 507. The molecule has 1 aromatic heterocycles. The molecule has 3 nitrogen and oxygen atoms in total. The first-order chi connectivity index (χ1) is 8.00. The van der Waals surface area contributed by atoms with Crippen molar-refractivity contribution in [2.75, 3.05) is 0 Å². The first-order valence-corrected chi connectivity index (χ1v) is 5.69. The summed E-state index contributed by atoms with van der Waals surface area (Å²) < 4.78 is 40.8. The molecule has 0 N–H and O–H groups in total. The molecule has 0 unspecified atom stereocenters. The zero-order valence-electron chi connectivity index (χ0n) is 8.33. The zero-order chi connectivity index (χ0) is 12.5. The van der Waals surface area contributed by atoms with Gasteiger partial charge in [-0.25, -0.2) is 0 Å². The van der Waals surface area contributed by atoms with Crippen LogP contribution < -0.4 is 0 Å². The number of nitrogens with zero attached hydrogens (tertiary/aromatic N) is 2. The van der Waals surface area contributed by atoms with E-state index >= 15 is 0 Å². The maximum absolute atomic E-state index is 12.2. The average Bonchev–Trinajstić information content (AvgIpc) is 2.78. The molecule has 0 radical (unpaired) electrons. The molecule has 0 fully saturated rings. The van der Waals surface area contributed by atoms with Crippen molar-refractivity contribution in [2.24, 2.45) is 0 Å². The van der Waals surface area contributed by atoms with Crippen molar-refractivity contribution in [3.63, 3.8) is 0 Å². The second kappa shape index (κ2) is 4.48. The molecular weight excluding hydrogens is 301 g/mol. The Morgan fingerprint density at radius 2 is 1.82 bits per heavy atom. The Hall–Kier alpha value is -1.37. The minimum absolute atomic E-state index is 0.0709. The Morgan fingerprint density at radius 1 is 1.18 bits per heavy atom. The molecule has 0 aliphatic carbocycles. The monoisotopic (exact) mass is 306 g/mol. The Balaban J connectivity index is 2.30. The third-order valence-electron chi connectivity index (χ3n) is 2.03. The minimum Gasteiger partial charge on any atom is -0.329 e. The molecule has 2 aromatic rings. The number of hydrogen-bond acceptors (Lipinski definition) is 3. The summed E-state index contributed by atoms with van der Waals surface area (Å²) in [4.78, 5) is 3.29. The predicted octanol–water partition coefficient (Wildman–Crippen LogP) is 3.65. The molecule has 0 amide bonds. The van der Waals surface area contributed by atoms with Gasteiger partial charge in [0.05, 0.1) is 0 Å². The van der Waals surface area contributed by atoms with Crippen LogP contribution in [0, 0.1) is 0 Å². The first kappa shape index (κ1) is 12.1. The van der Waals surface area contributed by atoms with Crippen molar-refractivity contribution >= 4 is 15.9 Å². The number of halogens is 4. The topological polar surface area (TPSA) is 38.9 Å². The largest absolute Gasteiger partial charge is 0.471 e. The van der Waals surface area contributed by atoms with Crippen molar-refractivity contribution in [1.29, 1.82) is 0 Å². The van der Waals surface area contributed by atoms with Gasteiger partial charge in [0.1, 0.15) is 0 Å². The van der Waals surface area contributed by atoms with Crippen LogP contribution >= 0.6 is 15.9 Å². The van der Waals surface area contributed by atoms with Crippen LogP contribution in [0.15, 0.2) is 28.8 Å². The van der Waals surface area contributed by atoms with Gasteiger partial charge < -0.3 is 4.52 Å². The molecule has 0 aliphatic heterocycles. The van der Waals surface area contributed by atoms with Gasteiger partial charge in [-0.15, -0.1) is 0 Å². The van der Waals surface area contributed by atoms with Crippen molar-refractivity contribution < 1.29 is 17.7 Å². The van der Waals surface area contributed by atoms with Crippen LogP contribution in [0.25, 0.3) is 11.4 Å². The maximum Gasteiger partial charge on any atom is 0.471 e. The normalized spacial score (nSPS) is 11.8. The average molecular weight is 307 g/mol. The highest BCUT2D eigenvalue weighted by Crippen LogP contribution is 2.29. The van der Waals surface area contributed by atoms with Crippen LogP contribution in [0.2, 0.25) is 0 Å². The van der Waals surface area contributed by atoms with Crippen molar-refractivity contribution in [1.82, 2.24) is 10.1 Å². The molecule has 90 valence electrons. The highest BCUT2D eigenvalue weighted by molar-refractivity contribution is 9.08. The lowest BCUT2D eigenvalue weighted by Crippen LogP contribution is -2.04. The van der Waals surface area contributed by atoms with Crippen LogP contribution in [-0.2, 0) is 11.5 Å². The lowest BCUT2D eigenvalue weighted by molar-refractivity contribution is -0.159. The quantitative estimate of drug-likeness (QED) is 0.795. The van der Waals surface area contributed by atoms with E-state index < -0.39 is 12.1 Å². The van der Waals surface area contributed by atoms with Gasteiger partial charge >= 0.3 is 12.1 Å². The second-order valence-corrected chi connectivity index (χ2v) is 3.81. The fraction of sp³-hybridized carbons (Fsp3) is 0.200. The van der Waals surface area contributed by atoms with E-state index in [0.717, 1.165) is 5.56 Å². The summed E-state index contributed by atoms with van der Waals surface area (Å²) in [6, 6.07) is 6.82. The lowest BCUT2D eigenvalue weighted by Gasteiger charge is -1.97. The Kier molecular flexibility index (Phi) is 3.19. The summed E-state index contributed by atoms with van der Waals surface area (Å²) in [6.07, 6.45) is -4.61. The molecule has 17 heavy (non-hydrogen) atoms. The van der Waals surface area contributed by atoms with Crippen molar-refractivity contribution in [2.45, 2.75) is 11.5 Å². The first-order valence-electron chi connectivity index (χ1n) is 4.57. The molecule has 0 aliphatic rings. The molecule has 0 spiro atoms. The fourth-order valence-electron chi connectivity index (χ4n) is 1.20. The summed E-state index contributed by atoms with van der Waals surface area (Å²) in [5, 5.41) is 3.96. The molecule has 7 heteroatoms. The molecule has 0 saturated heterocycles. The highest BCUT2D eigenvalue weighted by Gasteiger charge is 2.38. The van der Waals surface area contributed by atoms with E-state index in [1.165, 1.54) is 0 Å². The molecule has 1 aromatic carbocycles. The molecule has 0 atom stereocenters. The van der Waals surface area contributed by atoms with E-state index in [2.05, 4.69) is 30.6 Å². The molecule has 1 heterocycles. The van der Waals surface area contributed by atoms with E-state index in [4.69, 9.17) is 0 Å². The van der Waals surface area contributed by atoms with E-state index in [1.54, 1.807) is 24.3 Å². The third-order valence-corrected chi connectivity index (χ3v) is 2.68. The standard InChI is InChI=1S/C10H6BrF3N2O/c11-5-6-1-3-7(4-2-6)8-15-9(17-16-8)10(12,13)14/h1-4H,5H2. The second-order valence-electron chi connectivity index (χ2n) is 3.25. The van der Waals surface area contributed by atoms with Crippen LogP contribution in [-0.4, -0.2) is 10.1 Å². The summed E-state index contributed by atoms with van der Waals surface area (Å²) in [7, 11) is 0. The van der Waals surface area contributed by atoms with E-state index in [0.29, 0.717) is 10.9 Å². The minimum atomic E-state index is -4.61. The number of rotatable bonds is 2. The van der Waals surface area contributed by atoms with Crippen LogP contribution in [0.4, 0.5) is 13.2 Å². The van der Waals surface area contributed by atoms with Gasteiger partial charge in [-0.2, -0.15) is 18.2 Å². The summed E-state index contributed by atoms with van der Waals surface area (Å²) in [5.41, 5.74) is 1.49. The molecular formula is C10H6BrF3N2O. The molecule has 2 rings (SSSR count). The Morgan fingerprint density at radius 3 is 2.29 bits per heavy atom. The van der Waals surface area contributed by atoms with Gasteiger partial charge in [0, 0.05) is 10.9 Å². The maximum atomic E-state index is 12.2. The van der Waals surface area contributed by atoms with Crippen molar-refractivity contribution in [3.8, 4) is 11.4 Å². The van der Waals surface area contributed by atoms with E-state index in [-0.39, 0.29) is 5.82 Å². The zero-order valence-corrected chi connectivity index (χ0v) is 9.92. The summed E-state index contributed by atoms with van der Waals surface area (Å²) >= 11 is 3.27.